The van der Waals surface area contributed by atoms with Crippen LogP contribution < -0.4 is 19.5 Å². The van der Waals surface area contributed by atoms with Crippen LogP contribution in [0.25, 0.3) is 0 Å². The maximum atomic E-state index is 12.8. The van der Waals surface area contributed by atoms with Crippen molar-refractivity contribution in [2.45, 2.75) is 25.9 Å². The van der Waals surface area contributed by atoms with E-state index in [1.807, 2.05) is 19.1 Å². The highest BCUT2D eigenvalue weighted by Gasteiger charge is 2.41. The topological polar surface area (TPSA) is 80.3 Å². The Morgan fingerprint density at radius 3 is 2.41 bits per heavy atom. The molecule has 3 rings (SSSR count). The summed E-state index contributed by atoms with van der Waals surface area (Å²) in [6, 6.07) is 11.9. The molecule has 8 nitrogen and oxygen atoms in total. The van der Waals surface area contributed by atoms with Gasteiger partial charge in [0.2, 0.25) is 5.91 Å². The largest absolute Gasteiger partial charge is 0.494 e. The third-order valence-corrected chi connectivity index (χ3v) is 5.66. The summed E-state index contributed by atoms with van der Waals surface area (Å²) in [7, 11) is 4.75. The summed E-state index contributed by atoms with van der Waals surface area (Å²) in [5.74, 6) is 1.43. The van der Waals surface area contributed by atoms with Gasteiger partial charge in [0.15, 0.2) is 16.6 Å². The van der Waals surface area contributed by atoms with Crippen LogP contribution in [0.1, 0.15) is 18.9 Å². The Labute approximate surface area is 193 Å². The number of benzene rings is 2. The Morgan fingerprint density at radius 2 is 1.78 bits per heavy atom. The van der Waals surface area contributed by atoms with Crippen LogP contribution >= 0.6 is 12.2 Å². The standard InChI is InChI=1S/C23H27N3O5S/c1-5-31-17-9-7-16(8-10-17)24-21(27)13-18-22(28)25(2)23(32)26(18)14-15-6-11-19(29-3)20(12-15)30-4/h6-12,18H,5,13-14H2,1-4H3,(H,24,27). The first-order valence-corrected chi connectivity index (χ1v) is 10.6. The van der Waals surface area contributed by atoms with Gasteiger partial charge in [-0.15, -0.1) is 0 Å². The van der Waals surface area contributed by atoms with E-state index >= 15 is 0 Å². The molecule has 2 aromatic rings. The second kappa shape index (κ2) is 10.3. The number of amides is 2. The van der Waals surface area contributed by atoms with Crippen molar-refractivity contribution < 1.29 is 23.8 Å². The fraction of sp³-hybridized carbons (Fsp3) is 0.348. The van der Waals surface area contributed by atoms with Crippen molar-refractivity contribution in [3.63, 3.8) is 0 Å². The average Bonchev–Trinajstić information content (AvgIpc) is 2.99. The minimum atomic E-state index is -0.691. The lowest BCUT2D eigenvalue weighted by molar-refractivity contribution is -0.130. The number of carbonyl (C=O) groups is 2. The third-order valence-electron chi connectivity index (χ3n) is 5.15. The smallest absolute Gasteiger partial charge is 0.251 e. The van der Waals surface area contributed by atoms with Crippen LogP contribution in [0.5, 0.6) is 17.2 Å². The van der Waals surface area contributed by atoms with Crippen molar-refractivity contribution >= 4 is 34.8 Å². The SMILES string of the molecule is CCOc1ccc(NC(=O)CC2C(=O)N(C)C(=S)N2Cc2ccc(OC)c(OC)c2)cc1. The number of likely N-dealkylation sites (N-methyl/N-ethyl adjacent to an activating group) is 1. The first-order valence-electron chi connectivity index (χ1n) is 10.2. The zero-order chi connectivity index (χ0) is 23.3. The van der Waals surface area contributed by atoms with E-state index < -0.39 is 6.04 Å². The van der Waals surface area contributed by atoms with E-state index in [1.165, 1.54) is 4.90 Å². The van der Waals surface area contributed by atoms with Crippen molar-refractivity contribution in [2.24, 2.45) is 0 Å². The lowest BCUT2D eigenvalue weighted by Gasteiger charge is -2.24. The summed E-state index contributed by atoms with van der Waals surface area (Å²) < 4.78 is 16.1. The molecular formula is C23H27N3O5S. The first-order chi connectivity index (χ1) is 15.4. The maximum Gasteiger partial charge on any atom is 0.251 e. The van der Waals surface area contributed by atoms with E-state index in [0.29, 0.717) is 35.5 Å². The molecule has 1 aliphatic rings. The van der Waals surface area contributed by atoms with Gasteiger partial charge in [-0.2, -0.15) is 0 Å². The summed E-state index contributed by atoms with van der Waals surface area (Å²) in [4.78, 5) is 28.7. The zero-order valence-electron chi connectivity index (χ0n) is 18.6. The second-order valence-corrected chi connectivity index (χ2v) is 7.59. The van der Waals surface area contributed by atoms with Gasteiger partial charge in [0.1, 0.15) is 11.8 Å². The summed E-state index contributed by atoms with van der Waals surface area (Å²) in [6.45, 7) is 2.83. The van der Waals surface area contributed by atoms with Gasteiger partial charge in [-0.05, 0) is 61.1 Å². The predicted molar refractivity (Wildman–Crippen MR) is 125 cm³/mol. The molecule has 0 radical (unpaired) electrons. The van der Waals surface area contributed by atoms with Crippen molar-refractivity contribution in [1.29, 1.82) is 0 Å². The molecule has 0 aliphatic carbocycles. The Morgan fingerprint density at radius 1 is 1.09 bits per heavy atom. The second-order valence-electron chi connectivity index (χ2n) is 7.22. The highest BCUT2D eigenvalue weighted by atomic mass is 32.1. The molecule has 1 N–H and O–H groups in total. The van der Waals surface area contributed by atoms with Crippen LogP contribution in [0.2, 0.25) is 0 Å². The van der Waals surface area contributed by atoms with E-state index in [2.05, 4.69) is 5.32 Å². The lowest BCUT2D eigenvalue weighted by atomic mass is 10.1. The molecular weight excluding hydrogens is 430 g/mol. The molecule has 1 heterocycles. The highest BCUT2D eigenvalue weighted by molar-refractivity contribution is 7.80. The van der Waals surface area contributed by atoms with Gasteiger partial charge in [0.25, 0.3) is 5.91 Å². The molecule has 0 spiro atoms. The van der Waals surface area contributed by atoms with Crippen LogP contribution in [0.3, 0.4) is 0 Å². The van der Waals surface area contributed by atoms with Crippen LogP contribution in [0.15, 0.2) is 42.5 Å². The quantitative estimate of drug-likeness (QED) is 0.580. The first kappa shape index (κ1) is 23.3. The van der Waals surface area contributed by atoms with E-state index in [0.717, 1.165) is 11.3 Å². The Kier molecular flexibility index (Phi) is 7.53. The summed E-state index contributed by atoms with van der Waals surface area (Å²) >= 11 is 5.48. The molecule has 2 amide bonds. The number of hydrogen-bond donors (Lipinski definition) is 1. The van der Waals surface area contributed by atoms with Crippen LogP contribution in [0.4, 0.5) is 5.69 Å². The number of nitrogens with one attached hydrogen (secondary N) is 1. The molecule has 0 bridgehead atoms. The van der Waals surface area contributed by atoms with Crippen LogP contribution in [-0.2, 0) is 16.1 Å². The number of hydrogen-bond acceptors (Lipinski definition) is 6. The van der Waals surface area contributed by atoms with Gasteiger partial charge in [0.05, 0.1) is 27.2 Å². The monoisotopic (exact) mass is 457 g/mol. The van der Waals surface area contributed by atoms with Crippen molar-refractivity contribution in [3.8, 4) is 17.2 Å². The Balaban J connectivity index is 1.72. The molecule has 32 heavy (non-hydrogen) atoms. The van der Waals surface area contributed by atoms with Crippen LogP contribution in [-0.4, -0.2) is 60.6 Å². The van der Waals surface area contributed by atoms with Gasteiger partial charge in [-0.25, -0.2) is 0 Å². The van der Waals surface area contributed by atoms with Crippen molar-refractivity contribution in [2.75, 3.05) is 33.2 Å². The number of thiocarbonyl (C=S) groups is 1. The van der Waals surface area contributed by atoms with Gasteiger partial charge < -0.3 is 24.4 Å². The molecule has 1 unspecified atom stereocenters. The molecule has 170 valence electrons. The fourth-order valence-corrected chi connectivity index (χ4v) is 3.80. The van der Waals surface area contributed by atoms with Gasteiger partial charge in [-0.1, -0.05) is 6.07 Å². The van der Waals surface area contributed by atoms with Crippen LogP contribution in [0, 0.1) is 0 Å². The molecule has 1 saturated heterocycles. The molecule has 2 aromatic carbocycles. The third kappa shape index (κ3) is 5.11. The van der Waals surface area contributed by atoms with Gasteiger partial charge in [0, 0.05) is 19.3 Å². The number of anilines is 1. The number of rotatable bonds is 9. The number of carbonyl (C=O) groups excluding carboxylic acids is 2. The molecule has 1 fully saturated rings. The van der Waals surface area contributed by atoms with E-state index in [-0.39, 0.29) is 18.2 Å². The lowest BCUT2D eigenvalue weighted by Crippen LogP contribution is -2.37. The fourth-order valence-electron chi connectivity index (χ4n) is 3.52. The predicted octanol–water partition coefficient (Wildman–Crippen LogP) is 3.06. The Hall–Kier alpha value is -3.33. The molecule has 9 heteroatoms. The molecule has 0 saturated carbocycles. The van der Waals surface area contributed by atoms with E-state index in [4.69, 9.17) is 26.4 Å². The average molecular weight is 458 g/mol. The van der Waals surface area contributed by atoms with Crippen molar-refractivity contribution in [3.05, 3.63) is 48.0 Å². The van der Waals surface area contributed by atoms with E-state index in [1.54, 1.807) is 56.5 Å². The number of ether oxygens (including phenoxy) is 3. The number of methoxy groups -OCH3 is 2. The maximum absolute atomic E-state index is 12.8. The molecule has 1 atom stereocenters. The van der Waals surface area contributed by atoms with Gasteiger partial charge >= 0.3 is 0 Å². The van der Waals surface area contributed by atoms with Gasteiger partial charge in [-0.3, -0.25) is 14.5 Å². The highest BCUT2D eigenvalue weighted by Crippen LogP contribution is 2.30. The minimum Gasteiger partial charge on any atom is -0.494 e. The Bertz CT molecular complexity index is 996. The molecule has 1 aliphatic heterocycles. The summed E-state index contributed by atoms with van der Waals surface area (Å²) in [5, 5.41) is 3.21. The molecule has 0 aromatic heterocycles. The minimum absolute atomic E-state index is 0.0240. The number of nitrogens with zero attached hydrogens (tertiary/aromatic N) is 2. The van der Waals surface area contributed by atoms with Crippen molar-refractivity contribution in [1.82, 2.24) is 9.80 Å². The summed E-state index contributed by atoms with van der Waals surface area (Å²) in [6.07, 6.45) is -0.0240. The normalized spacial score (nSPS) is 15.7. The summed E-state index contributed by atoms with van der Waals surface area (Å²) in [5.41, 5.74) is 1.51. The van der Waals surface area contributed by atoms with E-state index in [9.17, 15) is 9.59 Å². The zero-order valence-corrected chi connectivity index (χ0v) is 19.4.